The van der Waals surface area contributed by atoms with E-state index in [2.05, 4.69) is 14.7 Å². The molecular weight excluding hydrogens is 355 g/mol. The van der Waals surface area contributed by atoms with Crippen molar-refractivity contribution in [3.05, 3.63) is 24.3 Å². The quantitative estimate of drug-likeness (QED) is 0.616. The van der Waals surface area contributed by atoms with Crippen LogP contribution < -0.4 is 16.2 Å². The maximum absolute atomic E-state index is 12.0. The van der Waals surface area contributed by atoms with Gasteiger partial charge in [-0.05, 0) is 24.3 Å². The zero-order chi connectivity index (χ0) is 16.2. The van der Waals surface area contributed by atoms with E-state index >= 15 is 0 Å². The number of thioether (sulfide) groups is 1. The number of alkyl halides is 3. The van der Waals surface area contributed by atoms with Crippen molar-refractivity contribution < 1.29 is 17.9 Å². The molecule has 0 atom stereocenters. The average molecular weight is 370 g/mol. The van der Waals surface area contributed by atoms with E-state index < -0.39 is 6.36 Å². The van der Waals surface area contributed by atoms with E-state index in [0.29, 0.717) is 5.69 Å². The molecule has 4 N–H and O–H groups in total. The molecule has 2 rings (SSSR count). The number of hydrogen-bond donors (Lipinski definition) is 2. The van der Waals surface area contributed by atoms with Gasteiger partial charge in [-0.15, -0.1) is 37.3 Å². The fraction of sp³-hybridized carbons (Fsp3) is 0.333. The Morgan fingerprint density at radius 3 is 2.39 bits per heavy atom. The van der Waals surface area contributed by atoms with Crippen LogP contribution in [0.5, 0.6) is 5.75 Å². The van der Waals surface area contributed by atoms with Gasteiger partial charge in [0.2, 0.25) is 5.96 Å². The van der Waals surface area contributed by atoms with Crippen molar-refractivity contribution in [3.8, 4) is 5.75 Å². The van der Waals surface area contributed by atoms with Crippen molar-refractivity contribution in [2.24, 2.45) is 21.5 Å². The summed E-state index contributed by atoms with van der Waals surface area (Å²) in [5.74, 6) is 1.57. The van der Waals surface area contributed by atoms with Gasteiger partial charge in [-0.3, -0.25) is 0 Å². The van der Waals surface area contributed by atoms with Gasteiger partial charge in [0.25, 0.3) is 0 Å². The van der Waals surface area contributed by atoms with E-state index in [1.54, 1.807) is 11.8 Å². The number of guanidine groups is 2. The number of hydrogen-bond acceptors (Lipinski definition) is 3. The van der Waals surface area contributed by atoms with Crippen molar-refractivity contribution in [2.45, 2.75) is 6.36 Å². The number of nitrogens with zero attached hydrogens (tertiary/aromatic N) is 3. The van der Waals surface area contributed by atoms with E-state index in [9.17, 15) is 13.2 Å². The van der Waals surface area contributed by atoms with Crippen LogP contribution in [0, 0.1) is 0 Å². The van der Waals surface area contributed by atoms with Crippen LogP contribution in [0.1, 0.15) is 0 Å². The summed E-state index contributed by atoms with van der Waals surface area (Å²) in [5, 5.41) is 0. The summed E-state index contributed by atoms with van der Waals surface area (Å²) in [6, 6.07) is 4.96. The summed E-state index contributed by atoms with van der Waals surface area (Å²) in [6.45, 7) is 0.788. The molecule has 0 aromatic heterocycles. The lowest BCUT2D eigenvalue weighted by Gasteiger charge is -2.14. The highest BCUT2D eigenvalue weighted by Crippen LogP contribution is 2.24. The number of nitrogens with two attached hydrogens (primary N) is 2. The Morgan fingerprint density at radius 1 is 1.22 bits per heavy atom. The first kappa shape index (κ1) is 19.2. The molecule has 11 heteroatoms. The topological polar surface area (TPSA) is 89.2 Å². The Morgan fingerprint density at radius 2 is 1.87 bits per heavy atom. The molecule has 1 aliphatic heterocycles. The van der Waals surface area contributed by atoms with E-state index in [1.165, 1.54) is 12.1 Å². The molecule has 1 saturated heterocycles. The lowest BCUT2D eigenvalue weighted by Crippen LogP contribution is -2.36. The Labute approximate surface area is 141 Å². The first-order valence-electron chi connectivity index (χ1n) is 6.20. The summed E-state index contributed by atoms with van der Waals surface area (Å²) >= 11 is 1.73. The Hall–Kier alpha value is -1.81. The molecule has 0 radical (unpaired) electrons. The monoisotopic (exact) mass is 369 g/mol. The molecule has 128 valence electrons. The third-order valence-electron chi connectivity index (χ3n) is 2.62. The number of benzene rings is 1. The van der Waals surface area contributed by atoms with Gasteiger partial charge in [0.1, 0.15) is 5.75 Å². The van der Waals surface area contributed by atoms with Gasteiger partial charge in [0.05, 0.1) is 11.6 Å². The fourth-order valence-electron chi connectivity index (χ4n) is 1.66. The SMILES string of the molecule is Cl.NC(=Nc1ccc(OC(F)(F)F)cc1)/N=C(/N)N1CCSC1. The maximum atomic E-state index is 12.0. The molecule has 23 heavy (non-hydrogen) atoms. The normalized spacial score (nSPS) is 16.2. The number of halogens is 4. The summed E-state index contributed by atoms with van der Waals surface area (Å²) < 4.78 is 39.9. The largest absolute Gasteiger partial charge is 0.573 e. The fourth-order valence-corrected chi connectivity index (χ4v) is 2.62. The molecular formula is C12H15ClF3N5OS. The van der Waals surface area contributed by atoms with Gasteiger partial charge < -0.3 is 21.1 Å². The van der Waals surface area contributed by atoms with E-state index in [4.69, 9.17) is 11.5 Å². The highest BCUT2D eigenvalue weighted by molar-refractivity contribution is 7.99. The molecule has 1 aromatic carbocycles. The van der Waals surface area contributed by atoms with Crippen LogP contribution in [0.4, 0.5) is 18.9 Å². The molecule has 0 amide bonds. The van der Waals surface area contributed by atoms with E-state index in [1.807, 2.05) is 4.90 Å². The van der Waals surface area contributed by atoms with Crippen molar-refractivity contribution in [1.82, 2.24) is 4.90 Å². The predicted molar refractivity (Wildman–Crippen MR) is 87.3 cm³/mol. The number of ether oxygens (including phenoxy) is 1. The number of rotatable bonds is 2. The molecule has 6 nitrogen and oxygen atoms in total. The zero-order valence-electron chi connectivity index (χ0n) is 11.8. The van der Waals surface area contributed by atoms with Crippen LogP contribution in [-0.2, 0) is 0 Å². The van der Waals surface area contributed by atoms with Crippen LogP contribution in [0.2, 0.25) is 0 Å². The zero-order valence-corrected chi connectivity index (χ0v) is 13.4. The minimum atomic E-state index is -4.73. The van der Waals surface area contributed by atoms with Crippen molar-refractivity contribution in [3.63, 3.8) is 0 Å². The van der Waals surface area contributed by atoms with Gasteiger partial charge in [-0.1, -0.05) is 0 Å². The smallest absolute Gasteiger partial charge is 0.406 e. The summed E-state index contributed by atoms with van der Waals surface area (Å²) in [5.41, 5.74) is 11.8. The second kappa shape index (κ2) is 8.16. The van der Waals surface area contributed by atoms with Gasteiger partial charge in [0.15, 0.2) is 5.96 Å². The van der Waals surface area contributed by atoms with Crippen LogP contribution >= 0.6 is 24.2 Å². The van der Waals surface area contributed by atoms with Crippen molar-refractivity contribution in [2.75, 3.05) is 18.2 Å². The molecule has 0 saturated carbocycles. The Bertz CT molecular complexity index is 573. The summed E-state index contributed by atoms with van der Waals surface area (Å²) in [7, 11) is 0. The molecule has 1 heterocycles. The predicted octanol–water partition coefficient (Wildman–Crippen LogP) is 2.27. The second-order valence-corrected chi connectivity index (χ2v) is 5.36. The van der Waals surface area contributed by atoms with Gasteiger partial charge in [-0.25, -0.2) is 4.99 Å². The van der Waals surface area contributed by atoms with Crippen LogP contribution in [-0.4, -0.2) is 41.4 Å². The number of aliphatic imine (C=N–C) groups is 2. The van der Waals surface area contributed by atoms with E-state index in [0.717, 1.165) is 30.3 Å². The molecule has 0 unspecified atom stereocenters. The molecule has 0 aliphatic carbocycles. The maximum Gasteiger partial charge on any atom is 0.573 e. The Balaban J connectivity index is 0.00000264. The lowest BCUT2D eigenvalue weighted by molar-refractivity contribution is -0.274. The molecule has 0 bridgehead atoms. The van der Waals surface area contributed by atoms with Gasteiger partial charge in [-0.2, -0.15) is 4.99 Å². The third-order valence-corrected chi connectivity index (χ3v) is 3.59. The highest BCUT2D eigenvalue weighted by atomic mass is 35.5. The lowest BCUT2D eigenvalue weighted by atomic mass is 10.3. The standard InChI is InChI=1S/C12H14F3N5OS.ClH/c13-12(14,15)21-9-3-1-8(2-4-9)18-10(16)19-11(17)20-5-6-22-7-20;/h1-4H,5-7H2,(H4,16,17,18,19);1H. The minimum absolute atomic E-state index is 0. The van der Waals surface area contributed by atoms with Gasteiger partial charge in [0, 0.05) is 12.3 Å². The average Bonchev–Trinajstić information content (AvgIpc) is 2.93. The van der Waals surface area contributed by atoms with Gasteiger partial charge >= 0.3 is 6.36 Å². The van der Waals surface area contributed by atoms with Crippen LogP contribution in [0.15, 0.2) is 34.3 Å². The Kier molecular flexibility index (Phi) is 6.82. The van der Waals surface area contributed by atoms with E-state index in [-0.39, 0.29) is 30.1 Å². The third kappa shape index (κ3) is 6.45. The minimum Gasteiger partial charge on any atom is -0.406 e. The molecule has 0 spiro atoms. The molecule has 1 aliphatic rings. The van der Waals surface area contributed by atoms with Crippen LogP contribution in [0.3, 0.4) is 0 Å². The van der Waals surface area contributed by atoms with Crippen molar-refractivity contribution >= 4 is 41.8 Å². The molecule has 1 aromatic rings. The van der Waals surface area contributed by atoms with Crippen LogP contribution in [0.25, 0.3) is 0 Å². The first-order chi connectivity index (χ1) is 10.3. The van der Waals surface area contributed by atoms with Crippen molar-refractivity contribution in [1.29, 1.82) is 0 Å². The first-order valence-corrected chi connectivity index (χ1v) is 7.36. The molecule has 1 fully saturated rings. The summed E-state index contributed by atoms with van der Waals surface area (Å²) in [4.78, 5) is 9.78. The highest BCUT2D eigenvalue weighted by Gasteiger charge is 2.30. The summed E-state index contributed by atoms with van der Waals surface area (Å²) in [6.07, 6.45) is -4.73. The second-order valence-electron chi connectivity index (χ2n) is 4.28.